The molecule has 0 unspecified atom stereocenters. The van der Waals surface area contributed by atoms with Crippen LogP contribution in [0.15, 0.2) is 58.3 Å². The summed E-state index contributed by atoms with van der Waals surface area (Å²) in [5.41, 5.74) is 2.18. The van der Waals surface area contributed by atoms with Crippen molar-refractivity contribution in [1.29, 1.82) is 0 Å². The fourth-order valence-corrected chi connectivity index (χ4v) is 3.45. The molecule has 2 aromatic carbocycles. The van der Waals surface area contributed by atoms with Crippen LogP contribution in [0.1, 0.15) is 12.5 Å². The Labute approximate surface area is 155 Å². The summed E-state index contributed by atoms with van der Waals surface area (Å²) >= 11 is 0. The quantitative estimate of drug-likeness (QED) is 0.610. The van der Waals surface area contributed by atoms with Crippen LogP contribution in [0.2, 0.25) is 0 Å². The van der Waals surface area contributed by atoms with E-state index in [0.717, 1.165) is 26.6 Å². The molecular weight excluding hydrogens is 340 g/mol. The first-order valence-electron chi connectivity index (χ1n) is 8.85. The van der Waals surface area contributed by atoms with Crippen molar-refractivity contribution in [3.8, 4) is 0 Å². The lowest BCUT2D eigenvalue weighted by molar-refractivity contribution is 0.707. The molecule has 136 valence electrons. The Hall–Kier alpha value is -3.41. The summed E-state index contributed by atoms with van der Waals surface area (Å²) < 4.78 is 2.53. The SMILES string of the molecule is CCc1cnc2c(c1Nc1cccc3ccccc13)c(=O)n(C)c(=O)n2C. The number of benzene rings is 2. The number of nitrogens with one attached hydrogen (secondary N) is 1. The maximum absolute atomic E-state index is 12.9. The van der Waals surface area contributed by atoms with E-state index in [1.165, 1.54) is 11.6 Å². The lowest BCUT2D eigenvalue weighted by Crippen LogP contribution is -2.37. The van der Waals surface area contributed by atoms with Gasteiger partial charge in [0.05, 0.1) is 5.69 Å². The van der Waals surface area contributed by atoms with Crippen LogP contribution < -0.4 is 16.6 Å². The molecule has 0 bridgehead atoms. The fraction of sp³-hybridized carbons (Fsp3) is 0.190. The second kappa shape index (κ2) is 6.39. The van der Waals surface area contributed by atoms with Crippen LogP contribution in [0.25, 0.3) is 21.8 Å². The number of hydrogen-bond donors (Lipinski definition) is 1. The van der Waals surface area contributed by atoms with Crippen molar-refractivity contribution < 1.29 is 0 Å². The molecule has 0 aliphatic heterocycles. The van der Waals surface area contributed by atoms with E-state index >= 15 is 0 Å². The number of hydrogen-bond acceptors (Lipinski definition) is 4. The van der Waals surface area contributed by atoms with Gasteiger partial charge in [-0.2, -0.15) is 0 Å². The summed E-state index contributed by atoms with van der Waals surface area (Å²) in [6.07, 6.45) is 2.44. The molecular formula is C21H20N4O2. The van der Waals surface area contributed by atoms with Gasteiger partial charge in [0.15, 0.2) is 5.65 Å². The van der Waals surface area contributed by atoms with Gasteiger partial charge in [-0.3, -0.25) is 13.9 Å². The van der Waals surface area contributed by atoms with E-state index in [4.69, 9.17) is 0 Å². The van der Waals surface area contributed by atoms with Gasteiger partial charge < -0.3 is 5.32 Å². The summed E-state index contributed by atoms with van der Waals surface area (Å²) in [5, 5.41) is 6.05. The molecule has 0 spiro atoms. The third-order valence-electron chi connectivity index (χ3n) is 4.98. The molecule has 2 heterocycles. The molecule has 0 fully saturated rings. The lowest BCUT2D eigenvalue weighted by atomic mass is 10.1. The zero-order chi connectivity index (χ0) is 19.1. The van der Waals surface area contributed by atoms with Crippen molar-refractivity contribution in [1.82, 2.24) is 14.1 Å². The van der Waals surface area contributed by atoms with E-state index in [1.807, 2.05) is 37.3 Å². The van der Waals surface area contributed by atoms with Crippen LogP contribution in [0.5, 0.6) is 0 Å². The van der Waals surface area contributed by atoms with Crippen LogP contribution in [0.3, 0.4) is 0 Å². The van der Waals surface area contributed by atoms with Gasteiger partial charge >= 0.3 is 5.69 Å². The molecule has 0 aliphatic carbocycles. The minimum atomic E-state index is -0.389. The number of aryl methyl sites for hydroxylation is 2. The van der Waals surface area contributed by atoms with Crippen molar-refractivity contribution in [2.45, 2.75) is 13.3 Å². The average molecular weight is 360 g/mol. The molecule has 4 aromatic rings. The van der Waals surface area contributed by atoms with Gasteiger partial charge in [-0.05, 0) is 23.4 Å². The number of pyridine rings is 1. The minimum absolute atomic E-state index is 0.348. The first-order valence-corrected chi connectivity index (χ1v) is 8.85. The summed E-state index contributed by atoms with van der Waals surface area (Å²) in [6, 6.07) is 14.1. The average Bonchev–Trinajstić information content (AvgIpc) is 2.70. The Morgan fingerprint density at radius 3 is 2.52 bits per heavy atom. The highest BCUT2D eigenvalue weighted by molar-refractivity contribution is 5.99. The molecule has 6 nitrogen and oxygen atoms in total. The molecule has 0 amide bonds. The molecule has 6 heteroatoms. The van der Waals surface area contributed by atoms with E-state index in [2.05, 4.69) is 22.4 Å². The summed E-state index contributed by atoms with van der Waals surface area (Å²) in [5.74, 6) is 0. The van der Waals surface area contributed by atoms with Gasteiger partial charge in [0.1, 0.15) is 5.39 Å². The number of aromatic nitrogens is 3. The number of rotatable bonds is 3. The monoisotopic (exact) mass is 360 g/mol. The molecule has 27 heavy (non-hydrogen) atoms. The fourth-order valence-electron chi connectivity index (χ4n) is 3.45. The predicted octanol–water partition coefficient (Wildman–Crippen LogP) is 3.09. The summed E-state index contributed by atoms with van der Waals surface area (Å²) in [4.78, 5) is 29.6. The predicted molar refractivity (Wildman–Crippen MR) is 109 cm³/mol. The first kappa shape index (κ1) is 17.0. The standard InChI is InChI=1S/C21H20N4O2/c1-4-13-12-22-19-17(20(26)25(3)21(27)24(19)2)18(13)23-16-11-7-9-14-8-5-6-10-15(14)16/h5-12H,4H2,1-3H3,(H,22,23). The van der Waals surface area contributed by atoms with Crippen LogP contribution >= 0.6 is 0 Å². The maximum Gasteiger partial charge on any atom is 0.332 e. The Morgan fingerprint density at radius 1 is 1.00 bits per heavy atom. The number of fused-ring (bicyclic) bond motifs is 2. The van der Waals surface area contributed by atoms with Gasteiger partial charge in [0.2, 0.25) is 0 Å². The van der Waals surface area contributed by atoms with Crippen LogP contribution in [0.4, 0.5) is 11.4 Å². The molecule has 2 aromatic heterocycles. The topological polar surface area (TPSA) is 68.9 Å². The third kappa shape index (κ3) is 2.61. The van der Waals surface area contributed by atoms with E-state index in [9.17, 15) is 9.59 Å². The van der Waals surface area contributed by atoms with E-state index in [-0.39, 0.29) is 11.2 Å². The highest BCUT2D eigenvalue weighted by Crippen LogP contribution is 2.31. The van der Waals surface area contributed by atoms with Gasteiger partial charge in [-0.25, -0.2) is 9.78 Å². The van der Waals surface area contributed by atoms with E-state index in [1.54, 1.807) is 13.2 Å². The Balaban J connectivity index is 2.06. The number of anilines is 2. The second-order valence-electron chi connectivity index (χ2n) is 6.57. The molecule has 1 N–H and O–H groups in total. The Bertz CT molecular complexity index is 1300. The number of nitrogens with zero attached hydrogens (tertiary/aromatic N) is 3. The molecule has 0 aliphatic rings. The van der Waals surface area contributed by atoms with Crippen molar-refractivity contribution in [2.24, 2.45) is 14.1 Å². The Kier molecular flexibility index (Phi) is 4.03. The molecule has 0 saturated carbocycles. The van der Waals surface area contributed by atoms with Crippen molar-refractivity contribution in [2.75, 3.05) is 5.32 Å². The Morgan fingerprint density at radius 2 is 1.74 bits per heavy atom. The zero-order valence-electron chi connectivity index (χ0n) is 15.5. The van der Waals surface area contributed by atoms with Crippen LogP contribution in [-0.2, 0) is 20.5 Å². The largest absolute Gasteiger partial charge is 0.354 e. The molecule has 0 atom stereocenters. The normalized spacial score (nSPS) is 11.2. The van der Waals surface area contributed by atoms with E-state index in [0.29, 0.717) is 23.1 Å². The first-order chi connectivity index (χ1) is 13.0. The summed E-state index contributed by atoms with van der Waals surface area (Å²) in [7, 11) is 3.12. The lowest BCUT2D eigenvalue weighted by Gasteiger charge is -2.16. The van der Waals surface area contributed by atoms with E-state index < -0.39 is 0 Å². The highest BCUT2D eigenvalue weighted by atomic mass is 16.2. The smallest absolute Gasteiger partial charge is 0.332 e. The third-order valence-corrected chi connectivity index (χ3v) is 4.98. The molecule has 4 rings (SSSR count). The molecule has 0 saturated heterocycles. The van der Waals surface area contributed by atoms with Crippen molar-refractivity contribution >= 4 is 33.2 Å². The van der Waals surface area contributed by atoms with Crippen LogP contribution in [0, 0.1) is 0 Å². The maximum atomic E-state index is 12.9. The van der Waals surface area contributed by atoms with Crippen molar-refractivity contribution in [3.63, 3.8) is 0 Å². The highest BCUT2D eigenvalue weighted by Gasteiger charge is 2.17. The van der Waals surface area contributed by atoms with Gasteiger partial charge in [-0.15, -0.1) is 0 Å². The summed E-state index contributed by atoms with van der Waals surface area (Å²) in [6.45, 7) is 2.02. The van der Waals surface area contributed by atoms with Gasteiger partial charge in [0, 0.05) is 31.4 Å². The molecule has 0 radical (unpaired) electrons. The van der Waals surface area contributed by atoms with Gasteiger partial charge in [-0.1, -0.05) is 43.3 Å². The second-order valence-corrected chi connectivity index (χ2v) is 6.57. The van der Waals surface area contributed by atoms with Crippen molar-refractivity contribution in [3.05, 3.63) is 75.1 Å². The minimum Gasteiger partial charge on any atom is -0.354 e. The zero-order valence-corrected chi connectivity index (χ0v) is 15.5. The van der Waals surface area contributed by atoms with Gasteiger partial charge in [0.25, 0.3) is 5.56 Å². The van der Waals surface area contributed by atoms with Crippen LogP contribution in [-0.4, -0.2) is 14.1 Å².